The molecule has 1 heterocycles. The van der Waals surface area contributed by atoms with E-state index in [4.69, 9.17) is 27.9 Å². The minimum absolute atomic E-state index is 0.281. The smallest absolute Gasteiger partial charge is 0.0731 e. The summed E-state index contributed by atoms with van der Waals surface area (Å²) in [6, 6.07) is 6.13. The Morgan fingerprint density at radius 3 is 2.89 bits per heavy atom. The molecule has 2 rings (SSSR count). The molecule has 0 radical (unpaired) electrons. The minimum Gasteiger partial charge on any atom is -0.377 e. The van der Waals surface area contributed by atoms with Crippen molar-refractivity contribution in [2.75, 3.05) is 13.2 Å². The van der Waals surface area contributed by atoms with Crippen LogP contribution in [0.3, 0.4) is 0 Å². The highest BCUT2D eigenvalue weighted by Gasteiger charge is 2.24. The lowest BCUT2D eigenvalue weighted by molar-refractivity contribution is -0.00708. The lowest BCUT2D eigenvalue weighted by Crippen LogP contribution is -2.44. The molecule has 4 heteroatoms. The van der Waals surface area contributed by atoms with Crippen molar-refractivity contribution in [2.24, 2.45) is 0 Å². The van der Waals surface area contributed by atoms with Crippen LogP contribution in [0.4, 0.5) is 0 Å². The summed E-state index contributed by atoms with van der Waals surface area (Å²) < 4.78 is 5.90. The summed E-state index contributed by atoms with van der Waals surface area (Å²) in [5, 5.41) is 4.81. The van der Waals surface area contributed by atoms with Crippen molar-refractivity contribution in [3.05, 3.63) is 33.8 Å². The van der Waals surface area contributed by atoms with Gasteiger partial charge in [-0.1, -0.05) is 42.3 Å². The third-order valence-corrected chi connectivity index (χ3v) is 4.46. The first kappa shape index (κ1) is 15.1. The lowest BCUT2D eigenvalue weighted by atomic mass is 9.96. The molecule has 1 aromatic rings. The van der Waals surface area contributed by atoms with Gasteiger partial charge in [0, 0.05) is 12.6 Å². The van der Waals surface area contributed by atoms with Crippen molar-refractivity contribution < 1.29 is 4.74 Å². The summed E-state index contributed by atoms with van der Waals surface area (Å²) in [6.45, 7) is 3.92. The van der Waals surface area contributed by atoms with Gasteiger partial charge in [0.25, 0.3) is 0 Å². The predicted octanol–water partition coefficient (Wildman–Crippen LogP) is 4.08. The first-order valence-corrected chi connectivity index (χ1v) is 7.76. The van der Waals surface area contributed by atoms with Crippen molar-refractivity contribution in [3.63, 3.8) is 0 Å². The van der Waals surface area contributed by atoms with Crippen molar-refractivity contribution in [1.29, 1.82) is 0 Å². The number of likely N-dealkylation sites (N-methyl/N-ethyl adjacent to an activating group) is 1. The summed E-state index contributed by atoms with van der Waals surface area (Å²) in [5.74, 6) is 0. The number of rotatable bonds is 5. The van der Waals surface area contributed by atoms with Gasteiger partial charge in [-0.25, -0.2) is 0 Å². The van der Waals surface area contributed by atoms with Crippen molar-refractivity contribution >= 4 is 23.2 Å². The van der Waals surface area contributed by atoms with E-state index in [1.54, 1.807) is 0 Å². The fourth-order valence-electron chi connectivity index (χ4n) is 2.62. The average Bonchev–Trinajstić information content (AvgIpc) is 2.44. The molecule has 2 nitrogen and oxygen atoms in total. The maximum atomic E-state index is 6.28. The van der Waals surface area contributed by atoms with Crippen molar-refractivity contribution in [1.82, 2.24) is 5.32 Å². The van der Waals surface area contributed by atoms with E-state index in [9.17, 15) is 0 Å². The fourth-order valence-corrected chi connectivity index (χ4v) is 3.02. The zero-order valence-corrected chi connectivity index (χ0v) is 12.8. The highest BCUT2D eigenvalue weighted by atomic mass is 35.5. The first-order chi connectivity index (χ1) is 9.22. The maximum Gasteiger partial charge on any atom is 0.0731 e. The molecule has 0 saturated carbocycles. The molecule has 0 aliphatic carbocycles. The van der Waals surface area contributed by atoms with E-state index in [0.29, 0.717) is 16.1 Å². The van der Waals surface area contributed by atoms with Gasteiger partial charge in [0.2, 0.25) is 0 Å². The Balaban J connectivity index is 2.08. The van der Waals surface area contributed by atoms with Gasteiger partial charge < -0.3 is 10.1 Å². The summed E-state index contributed by atoms with van der Waals surface area (Å²) in [4.78, 5) is 0. The molecule has 0 aromatic heterocycles. The van der Waals surface area contributed by atoms with Gasteiger partial charge in [-0.15, -0.1) is 0 Å². The molecule has 1 N–H and O–H groups in total. The monoisotopic (exact) mass is 301 g/mol. The van der Waals surface area contributed by atoms with Gasteiger partial charge in [-0.3, -0.25) is 0 Å². The Kier molecular flexibility index (Phi) is 5.96. The Morgan fingerprint density at radius 1 is 1.37 bits per heavy atom. The van der Waals surface area contributed by atoms with Gasteiger partial charge in [0.15, 0.2) is 0 Å². The Morgan fingerprint density at radius 2 is 2.21 bits per heavy atom. The SMILES string of the molecule is CCNC(Cc1cccc(Cl)c1Cl)C1CCCCO1. The largest absolute Gasteiger partial charge is 0.377 e. The minimum atomic E-state index is 0.281. The van der Waals surface area contributed by atoms with Crippen LogP contribution in [0.15, 0.2) is 18.2 Å². The molecule has 19 heavy (non-hydrogen) atoms. The second-order valence-corrected chi connectivity index (χ2v) is 5.77. The fraction of sp³-hybridized carbons (Fsp3) is 0.600. The molecule has 0 amide bonds. The average molecular weight is 302 g/mol. The molecule has 0 spiro atoms. The predicted molar refractivity (Wildman–Crippen MR) is 81.2 cm³/mol. The zero-order valence-electron chi connectivity index (χ0n) is 11.3. The highest BCUT2D eigenvalue weighted by Crippen LogP contribution is 2.28. The Hall–Kier alpha value is -0.280. The van der Waals surface area contributed by atoms with E-state index in [1.807, 2.05) is 18.2 Å². The second-order valence-electron chi connectivity index (χ2n) is 4.99. The molecule has 2 atom stereocenters. The zero-order chi connectivity index (χ0) is 13.7. The number of hydrogen-bond donors (Lipinski definition) is 1. The lowest BCUT2D eigenvalue weighted by Gasteiger charge is -2.31. The molecule has 1 aromatic carbocycles. The van der Waals surface area contributed by atoms with Gasteiger partial charge in [-0.2, -0.15) is 0 Å². The molecule has 1 fully saturated rings. The second kappa shape index (κ2) is 7.49. The first-order valence-electron chi connectivity index (χ1n) is 7.00. The van der Waals surface area contributed by atoms with Gasteiger partial charge >= 0.3 is 0 Å². The van der Waals surface area contributed by atoms with Gasteiger partial charge in [-0.05, 0) is 43.9 Å². The molecule has 106 valence electrons. The summed E-state index contributed by atoms with van der Waals surface area (Å²) >= 11 is 12.4. The maximum absolute atomic E-state index is 6.28. The van der Waals surface area contributed by atoms with Crippen LogP contribution < -0.4 is 5.32 Å². The van der Waals surface area contributed by atoms with E-state index in [-0.39, 0.29) is 6.10 Å². The van der Waals surface area contributed by atoms with E-state index >= 15 is 0 Å². The third-order valence-electron chi connectivity index (χ3n) is 3.60. The van der Waals surface area contributed by atoms with E-state index in [2.05, 4.69) is 12.2 Å². The van der Waals surface area contributed by atoms with E-state index < -0.39 is 0 Å². The third kappa shape index (κ3) is 4.09. The molecule has 1 aliphatic rings. The van der Waals surface area contributed by atoms with Crippen LogP contribution in [0, 0.1) is 0 Å². The molecular weight excluding hydrogens is 281 g/mol. The van der Waals surface area contributed by atoms with Crippen LogP contribution >= 0.6 is 23.2 Å². The van der Waals surface area contributed by atoms with Crippen LogP contribution in [0.1, 0.15) is 31.7 Å². The number of halogens is 2. The molecule has 0 bridgehead atoms. The van der Waals surface area contributed by atoms with Gasteiger partial charge in [0.1, 0.15) is 0 Å². The van der Waals surface area contributed by atoms with Crippen molar-refractivity contribution in [2.45, 2.75) is 44.8 Å². The molecular formula is C15H21Cl2NO. The van der Waals surface area contributed by atoms with Gasteiger partial charge in [0.05, 0.1) is 16.1 Å². The van der Waals surface area contributed by atoms with Crippen LogP contribution in [-0.4, -0.2) is 25.3 Å². The van der Waals surface area contributed by atoms with E-state index in [1.165, 1.54) is 12.8 Å². The van der Waals surface area contributed by atoms with Crippen molar-refractivity contribution in [3.8, 4) is 0 Å². The number of nitrogens with one attached hydrogen (secondary N) is 1. The Bertz CT molecular complexity index is 405. The number of benzene rings is 1. The number of hydrogen-bond acceptors (Lipinski definition) is 2. The van der Waals surface area contributed by atoms with Crippen LogP contribution in [0.2, 0.25) is 10.0 Å². The highest BCUT2D eigenvalue weighted by molar-refractivity contribution is 6.42. The molecule has 1 saturated heterocycles. The number of ether oxygens (including phenoxy) is 1. The van der Waals surface area contributed by atoms with E-state index in [0.717, 1.165) is 31.6 Å². The van der Waals surface area contributed by atoms with Crippen LogP contribution in [-0.2, 0) is 11.2 Å². The molecule has 1 aliphatic heterocycles. The topological polar surface area (TPSA) is 21.3 Å². The normalized spacial score (nSPS) is 21.3. The Labute approximate surface area is 125 Å². The standard InChI is InChI=1S/C15H21Cl2NO/c1-2-18-13(14-8-3-4-9-19-14)10-11-6-5-7-12(16)15(11)17/h5-7,13-14,18H,2-4,8-10H2,1H3. The van der Waals surface area contributed by atoms with Crippen LogP contribution in [0.5, 0.6) is 0 Å². The summed E-state index contributed by atoms with van der Waals surface area (Å²) in [5.41, 5.74) is 1.09. The summed E-state index contributed by atoms with van der Waals surface area (Å²) in [7, 11) is 0. The quantitative estimate of drug-likeness (QED) is 0.885. The summed E-state index contributed by atoms with van der Waals surface area (Å²) in [6.07, 6.45) is 4.68. The van der Waals surface area contributed by atoms with Crippen LogP contribution in [0.25, 0.3) is 0 Å². The molecule has 2 unspecified atom stereocenters.